The van der Waals surface area contributed by atoms with Gasteiger partial charge in [0.05, 0.1) is 32.8 Å². The first kappa shape index (κ1) is 21.9. The first-order valence-electron chi connectivity index (χ1n) is 9.50. The standard InChI is InChI=1S/C21H31NO6/c1-13(2)27-18(23)12-15-19-14(16(25-6)8-9-17(19)26-7)10-11-22(15)20(24)28-21(3,4)5/h8-9,13,15H,10-12H2,1-7H3. The highest BCUT2D eigenvalue weighted by Gasteiger charge is 2.38. The summed E-state index contributed by atoms with van der Waals surface area (Å²) in [5, 5.41) is 0. The SMILES string of the molecule is COc1ccc(OC)c2c1CCN(C(=O)OC(C)(C)C)C2CC(=O)OC(C)C. The predicted octanol–water partition coefficient (Wildman–Crippen LogP) is 3.88. The molecular formula is C21H31NO6. The number of carbonyl (C=O) groups is 2. The Morgan fingerprint density at radius 3 is 2.29 bits per heavy atom. The van der Waals surface area contributed by atoms with E-state index in [0.29, 0.717) is 24.5 Å². The molecule has 0 spiro atoms. The number of hydrogen-bond acceptors (Lipinski definition) is 6. The van der Waals surface area contributed by atoms with Gasteiger partial charge >= 0.3 is 12.1 Å². The summed E-state index contributed by atoms with van der Waals surface area (Å²) < 4.78 is 22.0. The molecule has 0 aliphatic carbocycles. The minimum absolute atomic E-state index is 0.00789. The molecule has 1 aromatic carbocycles. The van der Waals surface area contributed by atoms with Crippen molar-refractivity contribution in [2.75, 3.05) is 20.8 Å². The van der Waals surface area contributed by atoms with Gasteiger partial charge in [-0.3, -0.25) is 4.79 Å². The van der Waals surface area contributed by atoms with Gasteiger partial charge in [-0.1, -0.05) is 0 Å². The van der Waals surface area contributed by atoms with Crippen LogP contribution in [-0.4, -0.2) is 49.4 Å². The molecule has 156 valence electrons. The Bertz CT molecular complexity index is 722. The van der Waals surface area contributed by atoms with Crippen LogP contribution in [0.3, 0.4) is 0 Å². The zero-order chi connectivity index (χ0) is 21.1. The summed E-state index contributed by atoms with van der Waals surface area (Å²) in [6.45, 7) is 9.44. The first-order chi connectivity index (χ1) is 13.1. The van der Waals surface area contributed by atoms with Gasteiger partial charge in [0.1, 0.15) is 17.1 Å². The molecule has 7 heteroatoms. The Labute approximate surface area is 166 Å². The Balaban J connectivity index is 2.49. The van der Waals surface area contributed by atoms with E-state index in [2.05, 4.69) is 0 Å². The van der Waals surface area contributed by atoms with E-state index in [-0.39, 0.29) is 18.5 Å². The molecule has 0 radical (unpaired) electrons. The number of carbonyl (C=O) groups excluding carboxylic acids is 2. The van der Waals surface area contributed by atoms with Gasteiger partial charge in [-0.2, -0.15) is 0 Å². The highest BCUT2D eigenvalue weighted by atomic mass is 16.6. The van der Waals surface area contributed by atoms with Gasteiger partial charge in [0, 0.05) is 17.7 Å². The molecule has 1 aliphatic rings. The maximum absolute atomic E-state index is 12.9. The van der Waals surface area contributed by atoms with Gasteiger partial charge in [0.25, 0.3) is 0 Å². The van der Waals surface area contributed by atoms with Gasteiger partial charge in [0.2, 0.25) is 0 Å². The van der Waals surface area contributed by atoms with Crippen LogP contribution in [0.4, 0.5) is 4.79 Å². The molecule has 1 aliphatic heterocycles. The van der Waals surface area contributed by atoms with Crippen LogP contribution in [0.5, 0.6) is 11.5 Å². The molecule has 1 amide bonds. The van der Waals surface area contributed by atoms with Gasteiger partial charge in [-0.05, 0) is 53.2 Å². The highest BCUT2D eigenvalue weighted by Crippen LogP contribution is 2.43. The second-order valence-corrected chi connectivity index (χ2v) is 8.04. The molecule has 0 N–H and O–H groups in total. The van der Waals surface area contributed by atoms with Gasteiger partial charge in [-0.25, -0.2) is 4.79 Å². The number of esters is 1. The van der Waals surface area contributed by atoms with Crippen molar-refractivity contribution in [2.24, 2.45) is 0 Å². The molecule has 1 heterocycles. The van der Waals surface area contributed by atoms with Crippen molar-refractivity contribution in [3.05, 3.63) is 23.3 Å². The molecule has 1 unspecified atom stereocenters. The third-order valence-corrected chi connectivity index (χ3v) is 4.38. The van der Waals surface area contributed by atoms with E-state index in [1.54, 1.807) is 39.0 Å². The van der Waals surface area contributed by atoms with Crippen molar-refractivity contribution >= 4 is 12.1 Å². The van der Waals surface area contributed by atoms with Gasteiger partial charge < -0.3 is 23.8 Å². The maximum Gasteiger partial charge on any atom is 0.410 e. The van der Waals surface area contributed by atoms with E-state index < -0.39 is 17.7 Å². The number of fused-ring (bicyclic) bond motifs is 1. The fraction of sp³-hybridized carbons (Fsp3) is 0.619. The molecule has 0 saturated heterocycles. The van der Waals surface area contributed by atoms with Crippen LogP contribution < -0.4 is 9.47 Å². The van der Waals surface area contributed by atoms with Crippen molar-refractivity contribution in [1.29, 1.82) is 0 Å². The highest BCUT2D eigenvalue weighted by molar-refractivity contribution is 5.75. The number of benzene rings is 1. The number of ether oxygens (including phenoxy) is 4. The number of hydrogen-bond donors (Lipinski definition) is 0. The van der Waals surface area contributed by atoms with Crippen LogP contribution in [0, 0.1) is 0 Å². The Morgan fingerprint density at radius 1 is 1.14 bits per heavy atom. The lowest BCUT2D eigenvalue weighted by atomic mass is 9.89. The fourth-order valence-corrected chi connectivity index (χ4v) is 3.38. The van der Waals surface area contributed by atoms with Crippen molar-refractivity contribution in [3.63, 3.8) is 0 Å². The van der Waals surface area contributed by atoms with Crippen molar-refractivity contribution in [2.45, 2.75) is 65.2 Å². The number of amides is 1. The summed E-state index contributed by atoms with van der Waals surface area (Å²) in [4.78, 5) is 26.9. The third kappa shape index (κ3) is 5.09. The average molecular weight is 393 g/mol. The smallest absolute Gasteiger partial charge is 0.410 e. The van der Waals surface area contributed by atoms with E-state index in [1.807, 2.05) is 26.8 Å². The molecule has 0 fully saturated rings. The minimum Gasteiger partial charge on any atom is -0.496 e. The van der Waals surface area contributed by atoms with E-state index in [1.165, 1.54) is 0 Å². The summed E-state index contributed by atoms with van der Waals surface area (Å²) in [5.74, 6) is 0.930. The minimum atomic E-state index is -0.640. The van der Waals surface area contributed by atoms with Gasteiger partial charge in [0.15, 0.2) is 0 Å². The second kappa shape index (κ2) is 8.71. The van der Waals surface area contributed by atoms with Crippen LogP contribution in [0.1, 0.15) is 58.2 Å². The predicted molar refractivity (Wildman–Crippen MR) is 105 cm³/mol. The lowest BCUT2D eigenvalue weighted by Crippen LogP contribution is -2.44. The quantitative estimate of drug-likeness (QED) is 0.707. The molecule has 0 aromatic heterocycles. The van der Waals surface area contributed by atoms with E-state index in [0.717, 1.165) is 11.1 Å². The van der Waals surface area contributed by atoms with E-state index in [4.69, 9.17) is 18.9 Å². The number of rotatable bonds is 5. The monoisotopic (exact) mass is 393 g/mol. The summed E-state index contributed by atoms with van der Waals surface area (Å²) in [7, 11) is 3.17. The van der Waals surface area contributed by atoms with Crippen molar-refractivity contribution in [1.82, 2.24) is 4.90 Å². The normalized spacial score (nSPS) is 16.4. The molecule has 1 atom stereocenters. The zero-order valence-corrected chi connectivity index (χ0v) is 17.8. The molecule has 7 nitrogen and oxygen atoms in total. The van der Waals surface area contributed by atoms with Crippen LogP contribution in [-0.2, 0) is 20.7 Å². The third-order valence-electron chi connectivity index (χ3n) is 4.38. The van der Waals surface area contributed by atoms with E-state index in [9.17, 15) is 9.59 Å². The molecule has 28 heavy (non-hydrogen) atoms. The van der Waals surface area contributed by atoms with Crippen LogP contribution in [0.2, 0.25) is 0 Å². The average Bonchev–Trinajstić information content (AvgIpc) is 2.58. The molecule has 0 saturated carbocycles. The maximum atomic E-state index is 12.9. The summed E-state index contributed by atoms with van der Waals surface area (Å²) in [6.07, 6.45) is -0.123. The Hall–Kier alpha value is -2.44. The fourth-order valence-electron chi connectivity index (χ4n) is 3.38. The summed E-state index contributed by atoms with van der Waals surface area (Å²) >= 11 is 0. The Morgan fingerprint density at radius 2 is 1.75 bits per heavy atom. The zero-order valence-electron chi connectivity index (χ0n) is 17.8. The van der Waals surface area contributed by atoms with Crippen LogP contribution in [0.25, 0.3) is 0 Å². The lowest BCUT2D eigenvalue weighted by molar-refractivity contribution is -0.148. The second-order valence-electron chi connectivity index (χ2n) is 8.04. The molecule has 0 bridgehead atoms. The first-order valence-corrected chi connectivity index (χ1v) is 9.50. The lowest BCUT2D eigenvalue weighted by Gasteiger charge is -2.38. The van der Waals surface area contributed by atoms with Crippen molar-refractivity contribution < 1.29 is 28.5 Å². The Kier molecular flexibility index (Phi) is 6.80. The van der Waals surface area contributed by atoms with Gasteiger partial charge in [-0.15, -0.1) is 0 Å². The van der Waals surface area contributed by atoms with Crippen LogP contribution >= 0.6 is 0 Å². The molecular weight excluding hydrogens is 362 g/mol. The number of nitrogens with zero attached hydrogens (tertiary/aromatic N) is 1. The topological polar surface area (TPSA) is 74.3 Å². The van der Waals surface area contributed by atoms with E-state index >= 15 is 0 Å². The largest absolute Gasteiger partial charge is 0.496 e. The number of methoxy groups -OCH3 is 2. The summed E-state index contributed by atoms with van der Waals surface area (Å²) in [5.41, 5.74) is 1.06. The molecule has 2 rings (SSSR count). The summed E-state index contributed by atoms with van der Waals surface area (Å²) in [6, 6.07) is 3.07. The molecule has 1 aromatic rings. The van der Waals surface area contributed by atoms with Crippen molar-refractivity contribution in [3.8, 4) is 11.5 Å². The van der Waals surface area contributed by atoms with Crippen LogP contribution in [0.15, 0.2) is 12.1 Å².